The first-order valence-corrected chi connectivity index (χ1v) is 44.1. The predicted octanol–water partition coefficient (Wildman–Crippen LogP) is 24.1. The predicted molar refractivity (Wildman–Crippen MR) is 427 cm³/mol. The van der Waals surface area contributed by atoms with Crippen LogP contribution < -0.4 is 0 Å². The summed E-state index contributed by atoms with van der Waals surface area (Å²) in [6.45, 7) is 4.69. The van der Waals surface area contributed by atoms with Gasteiger partial charge in [-0.25, -0.2) is 9.13 Å². The van der Waals surface area contributed by atoms with Crippen molar-refractivity contribution in [1.82, 2.24) is 0 Å². The number of aliphatic hydroxyl groups excluding tert-OH is 1. The van der Waals surface area contributed by atoms with Gasteiger partial charge < -0.3 is 33.8 Å². The molecule has 0 fully saturated rings. The number of carbonyl (C=O) groups is 4. The average Bonchev–Trinajstić information content (AvgIpc) is 0.917. The Labute approximate surface area is 632 Å². The Bertz CT molecular complexity index is 2390. The van der Waals surface area contributed by atoms with Crippen molar-refractivity contribution in [3.8, 4) is 0 Å². The summed E-state index contributed by atoms with van der Waals surface area (Å²) in [6.07, 6.45) is 83.4. The number of esters is 4. The fourth-order valence-corrected chi connectivity index (χ4v) is 12.5. The van der Waals surface area contributed by atoms with Crippen LogP contribution in [0.25, 0.3) is 0 Å². The molecule has 104 heavy (non-hydrogen) atoms. The molecule has 3 N–H and O–H groups in total. The minimum Gasteiger partial charge on any atom is -0.462 e. The van der Waals surface area contributed by atoms with Crippen molar-refractivity contribution >= 4 is 39.5 Å². The number of phosphoric ester groups is 2. The Morgan fingerprint density at radius 3 is 0.798 bits per heavy atom. The number of aliphatic hydroxyl groups is 1. The van der Waals surface area contributed by atoms with E-state index in [4.69, 9.17) is 37.0 Å². The van der Waals surface area contributed by atoms with E-state index in [0.717, 1.165) is 205 Å². The van der Waals surface area contributed by atoms with Crippen LogP contribution in [0.5, 0.6) is 0 Å². The fourth-order valence-electron chi connectivity index (χ4n) is 10.9. The summed E-state index contributed by atoms with van der Waals surface area (Å²) < 4.78 is 68.7. The van der Waals surface area contributed by atoms with Crippen LogP contribution in [0.3, 0.4) is 0 Å². The lowest BCUT2D eigenvalue weighted by atomic mass is 10.1. The van der Waals surface area contributed by atoms with Crippen molar-refractivity contribution in [2.75, 3.05) is 39.6 Å². The van der Waals surface area contributed by atoms with E-state index >= 15 is 0 Å². The second-order valence-corrected chi connectivity index (χ2v) is 30.2. The van der Waals surface area contributed by atoms with Crippen LogP contribution in [0.1, 0.15) is 349 Å². The van der Waals surface area contributed by atoms with Crippen LogP contribution in [-0.2, 0) is 65.4 Å². The molecule has 0 aliphatic carbocycles. The van der Waals surface area contributed by atoms with Gasteiger partial charge >= 0.3 is 39.5 Å². The molecule has 0 bridgehead atoms. The van der Waals surface area contributed by atoms with Crippen molar-refractivity contribution in [3.05, 3.63) is 109 Å². The molecule has 0 aliphatic heterocycles. The third kappa shape index (κ3) is 75.9. The first kappa shape index (κ1) is 99.7. The zero-order valence-corrected chi connectivity index (χ0v) is 67.5. The molecule has 17 nitrogen and oxygen atoms in total. The van der Waals surface area contributed by atoms with Crippen molar-refractivity contribution in [1.29, 1.82) is 0 Å². The summed E-state index contributed by atoms with van der Waals surface area (Å²) in [4.78, 5) is 73.1. The number of phosphoric acid groups is 2. The van der Waals surface area contributed by atoms with Gasteiger partial charge in [-0.15, -0.1) is 0 Å². The van der Waals surface area contributed by atoms with Gasteiger partial charge in [0.2, 0.25) is 0 Å². The Morgan fingerprint density at radius 2 is 0.500 bits per heavy atom. The topological polar surface area (TPSA) is 237 Å². The molecule has 0 aromatic carbocycles. The number of hydrogen-bond donors (Lipinski definition) is 3. The van der Waals surface area contributed by atoms with E-state index in [0.29, 0.717) is 25.7 Å². The molecule has 0 radical (unpaired) electrons. The first-order chi connectivity index (χ1) is 50.7. The molecule has 0 aliphatic rings. The van der Waals surface area contributed by atoms with Gasteiger partial charge in [-0.2, -0.15) is 0 Å². The smallest absolute Gasteiger partial charge is 0.462 e. The van der Waals surface area contributed by atoms with E-state index in [1.54, 1.807) is 0 Å². The monoisotopic (exact) mass is 1500 g/mol. The molecule has 0 spiro atoms. The molecule has 0 saturated carbocycles. The molecule has 0 aromatic heterocycles. The number of hydrogen-bond acceptors (Lipinski definition) is 15. The quantitative estimate of drug-likeness (QED) is 0.0169. The second-order valence-electron chi connectivity index (χ2n) is 27.3. The van der Waals surface area contributed by atoms with Crippen molar-refractivity contribution in [2.24, 2.45) is 0 Å². The van der Waals surface area contributed by atoms with Crippen LogP contribution in [0.15, 0.2) is 109 Å². The van der Waals surface area contributed by atoms with Gasteiger partial charge in [-0.1, -0.05) is 278 Å². The highest BCUT2D eigenvalue weighted by Gasteiger charge is 2.30. The second kappa shape index (κ2) is 76.9. The molecule has 5 unspecified atom stereocenters. The maximum absolute atomic E-state index is 13.1. The Hall–Kier alpha value is -4.28. The Morgan fingerprint density at radius 1 is 0.279 bits per heavy atom. The molecule has 0 aromatic rings. The normalized spacial score (nSPS) is 14.4. The summed E-state index contributed by atoms with van der Waals surface area (Å²) in [5.41, 5.74) is 0. The molecule has 19 heteroatoms. The van der Waals surface area contributed by atoms with Crippen LogP contribution in [0.4, 0.5) is 0 Å². The van der Waals surface area contributed by atoms with Gasteiger partial charge in [-0.05, 0) is 154 Å². The summed E-state index contributed by atoms with van der Waals surface area (Å²) >= 11 is 0. The van der Waals surface area contributed by atoms with Crippen molar-refractivity contribution in [3.63, 3.8) is 0 Å². The van der Waals surface area contributed by atoms with E-state index in [1.165, 1.54) is 64.2 Å². The van der Waals surface area contributed by atoms with E-state index in [9.17, 15) is 43.2 Å². The molecule has 5 atom stereocenters. The molecular formula is C85H148O17P2. The molecule has 0 heterocycles. The van der Waals surface area contributed by atoms with E-state index in [-0.39, 0.29) is 25.7 Å². The van der Waals surface area contributed by atoms with Crippen LogP contribution >= 0.6 is 15.6 Å². The zero-order valence-electron chi connectivity index (χ0n) is 65.7. The molecule has 0 saturated heterocycles. The Balaban J connectivity index is 5.38. The number of carbonyl (C=O) groups excluding carboxylic acids is 4. The number of unbranched alkanes of at least 4 members (excludes halogenated alkanes) is 33. The molecular weight excluding hydrogens is 1350 g/mol. The van der Waals surface area contributed by atoms with Gasteiger partial charge in [0.15, 0.2) is 12.2 Å². The van der Waals surface area contributed by atoms with Crippen LogP contribution in [-0.4, -0.2) is 96.7 Å². The van der Waals surface area contributed by atoms with Gasteiger partial charge in [0.05, 0.1) is 26.4 Å². The zero-order chi connectivity index (χ0) is 76.0. The maximum atomic E-state index is 13.1. The highest BCUT2D eigenvalue weighted by atomic mass is 31.2. The van der Waals surface area contributed by atoms with Crippen molar-refractivity contribution in [2.45, 2.75) is 367 Å². The highest BCUT2D eigenvalue weighted by Crippen LogP contribution is 2.45. The summed E-state index contributed by atoms with van der Waals surface area (Å²) in [5, 5.41) is 10.7. The maximum Gasteiger partial charge on any atom is 0.472 e. The summed E-state index contributed by atoms with van der Waals surface area (Å²) in [6, 6.07) is 0. The SMILES string of the molecule is CC/C=C\C/C=C\C/C=C\CCCCCCCCCC(=O)OC(COC(=O)CCCCCCCC/C=C\C/C=C\C/C=C\CCCCC)COP(=O)(O)OCC(O)COP(=O)(O)OCC(COC(=O)CCCCCCC/C=C\C/C=C\CCCCC)OC(=O)CCCCCCC/C=C\CCCCCC. The lowest BCUT2D eigenvalue weighted by Gasteiger charge is -2.21. The lowest BCUT2D eigenvalue weighted by molar-refractivity contribution is -0.161. The number of ether oxygens (including phenoxy) is 4. The number of allylic oxidation sites excluding steroid dienone is 18. The highest BCUT2D eigenvalue weighted by molar-refractivity contribution is 7.47. The third-order valence-corrected chi connectivity index (χ3v) is 19.1. The average molecular weight is 1500 g/mol. The van der Waals surface area contributed by atoms with Gasteiger partial charge in [0.25, 0.3) is 0 Å². The molecule has 0 amide bonds. The number of rotatable bonds is 77. The minimum absolute atomic E-state index is 0.0794. The standard InChI is InChI=1S/C85H148O17P2/c1-5-9-13-17-21-25-29-33-36-38-39-41-43-47-50-54-58-62-66-70-83(88)96-76-81(102-85(90)72-68-64-60-56-52-48-44-40-37-34-30-26-22-18-14-10-6-2)78-100-104(93,94)98-74-79(86)73-97-103(91,92)99-77-80(101-84(89)71-67-63-59-55-51-45-32-28-24-20-16-12-8-4)75-95-82(87)69-65-61-57-53-49-46-42-35-31-27-23-19-15-11-7-3/h10,14,21-23,25-28,32-37,39,41-42,79-81,86H,5-9,11-13,15-20,24,29-31,38,40,43-78H2,1-4H3,(H,91,92)(H,93,94)/b14-10-,25-21-,26-22-,27-23-,32-28-,36-33-,37-34-,41-39-,42-35-. The van der Waals surface area contributed by atoms with Crippen LogP contribution in [0, 0.1) is 0 Å². The first-order valence-electron chi connectivity index (χ1n) is 41.1. The van der Waals surface area contributed by atoms with Gasteiger partial charge in [-0.3, -0.25) is 37.3 Å². The van der Waals surface area contributed by atoms with Crippen LogP contribution in [0.2, 0.25) is 0 Å². The molecule has 600 valence electrons. The lowest BCUT2D eigenvalue weighted by Crippen LogP contribution is -2.30. The van der Waals surface area contributed by atoms with Crippen molar-refractivity contribution < 1.29 is 80.2 Å². The fraction of sp³-hybridized carbons (Fsp3) is 0.741. The van der Waals surface area contributed by atoms with E-state index < -0.39 is 97.5 Å². The molecule has 0 rings (SSSR count). The minimum atomic E-state index is -4.99. The third-order valence-electron chi connectivity index (χ3n) is 17.2. The largest absolute Gasteiger partial charge is 0.472 e. The van der Waals surface area contributed by atoms with E-state index in [1.807, 2.05) is 0 Å². The van der Waals surface area contributed by atoms with Gasteiger partial charge in [0.1, 0.15) is 19.3 Å². The summed E-state index contributed by atoms with van der Waals surface area (Å²) in [7, 11) is -9.97. The van der Waals surface area contributed by atoms with Gasteiger partial charge in [0, 0.05) is 25.7 Å². The summed E-state index contributed by atoms with van der Waals surface area (Å²) in [5.74, 6) is -2.21. The Kier molecular flexibility index (Phi) is 73.7. The van der Waals surface area contributed by atoms with E-state index in [2.05, 4.69) is 137 Å².